The van der Waals surface area contributed by atoms with E-state index in [1.165, 1.54) is 24.8 Å². The van der Waals surface area contributed by atoms with E-state index in [2.05, 4.69) is 28.9 Å². The van der Waals surface area contributed by atoms with Crippen molar-refractivity contribution in [2.24, 2.45) is 5.73 Å². The lowest BCUT2D eigenvalue weighted by Crippen LogP contribution is -2.30. The maximum Gasteiger partial charge on any atom is 0.128 e. The average Bonchev–Trinajstić information content (AvgIpc) is 2.75. The van der Waals surface area contributed by atoms with Crippen molar-refractivity contribution in [3.63, 3.8) is 0 Å². The van der Waals surface area contributed by atoms with Crippen molar-refractivity contribution in [1.29, 1.82) is 0 Å². The van der Waals surface area contributed by atoms with Crippen LogP contribution in [0.5, 0.6) is 0 Å². The van der Waals surface area contributed by atoms with Crippen LogP contribution in [0.4, 0.5) is 5.82 Å². The predicted molar refractivity (Wildman–Crippen MR) is 67.6 cm³/mol. The second-order valence-corrected chi connectivity index (χ2v) is 4.61. The minimum Gasteiger partial charge on any atom is -0.354 e. The van der Waals surface area contributed by atoms with Crippen molar-refractivity contribution in [2.75, 3.05) is 18.0 Å². The first-order valence-electron chi connectivity index (χ1n) is 6.20. The van der Waals surface area contributed by atoms with Gasteiger partial charge in [0.05, 0.1) is 0 Å². The van der Waals surface area contributed by atoms with Crippen LogP contribution in [-0.4, -0.2) is 24.1 Å². The maximum absolute atomic E-state index is 5.58. The first-order chi connectivity index (χ1) is 7.81. The molecule has 1 fully saturated rings. The third kappa shape index (κ3) is 2.53. The molecule has 0 amide bonds. The summed E-state index contributed by atoms with van der Waals surface area (Å²) >= 11 is 0. The molecule has 1 saturated heterocycles. The molecule has 0 aliphatic carbocycles. The zero-order chi connectivity index (χ0) is 11.4. The van der Waals surface area contributed by atoms with E-state index in [1.54, 1.807) is 0 Å². The smallest absolute Gasteiger partial charge is 0.128 e. The first-order valence-corrected chi connectivity index (χ1v) is 6.20. The largest absolute Gasteiger partial charge is 0.354 e. The fourth-order valence-corrected chi connectivity index (χ4v) is 2.42. The molecule has 0 spiro atoms. The molecule has 1 atom stereocenters. The Kier molecular flexibility index (Phi) is 3.78. The molecule has 0 bridgehead atoms. The number of hydrogen-bond acceptors (Lipinski definition) is 3. The van der Waals surface area contributed by atoms with Gasteiger partial charge in [-0.25, -0.2) is 4.98 Å². The molecule has 0 aromatic carbocycles. The highest BCUT2D eigenvalue weighted by Gasteiger charge is 2.24. The van der Waals surface area contributed by atoms with Gasteiger partial charge < -0.3 is 10.6 Å². The van der Waals surface area contributed by atoms with Crippen molar-refractivity contribution in [3.05, 3.63) is 23.9 Å². The van der Waals surface area contributed by atoms with Crippen molar-refractivity contribution < 1.29 is 0 Å². The Balaban J connectivity index is 2.04. The van der Waals surface area contributed by atoms with Crippen LogP contribution in [0.25, 0.3) is 0 Å². The maximum atomic E-state index is 5.58. The van der Waals surface area contributed by atoms with Gasteiger partial charge in [-0.05, 0) is 50.8 Å². The normalized spacial score (nSPS) is 20.4. The van der Waals surface area contributed by atoms with E-state index >= 15 is 0 Å². The Morgan fingerprint density at radius 2 is 2.38 bits per heavy atom. The molecule has 1 aliphatic rings. The van der Waals surface area contributed by atoms with Gasteiger partial charge in [0.2, 0.25) is 0 Å². The van der Waals surface area contributed by atoms with Crippen LogP contribution in [0.15, 0.2) is 18.3 Å². The summed E-state index contributed by atoms with van der Waals surface area (Å²) in [5.74, 6) is 1.13. The average molecular weight is 219 g/mol. The lowest BCUT2D eigenvalue weighted by atomic mass is 10.1. The Morgan fingerprint density at radius 3 is 3.06 bits per heavy atom. The topological polar surface area (TPSA) is 42.1 Å². The van der Waals surface area contributed by atoms with Gasteiger partial charge in [0, 0.05) is 18.8 Å². The van der Waals surface area contributed by atoms with Crippen LogP contribution in [0, 0.1) is 6.92 Å². The number of anilines is 1. The molecule has 1 aromatic rings. The fourth-order valence-electron chi connectivity index (χ4n) is 2.42. The van der Waals surface area contributed by atoms with E-state index in [0.717, 1.165) is 25.3 Å². The standard InChI is InChI=1S/C13H21N3/c1-11-6-7-13(15-10-11)16-9-3-5-12(16)4-2-8-14/h6-7,10,12H,2-5,8-9,14H2,1H3. The van der Waals surface area contributed by atoms with Gasteiger partial charge in [-0.15, -0.1) is 0 Å². The van der Waals surface area contributed by atoms with Crippen molar-refractivity contribution >= 4 is 5.82 Å². The van der Waals surface area contributed by atoms with E-state index < -0.39 is 0 Å². The molecule has 0 radical (unpaired) electrons. The third-order valence-corrected chi connectivity index (χ3v) is 3.31. The molecule has 2 N–H and O–H groups in total. The van der Waals surface area contributed by atoms with Crippen LogP contribution in [0.3, 0.4) is 0 Å². The highest BCUT2D eigenvalue weighted by Crippen LogP contribution is 2.26. The van der Waals surface area contributed by atoms with Gasteiger partial charge in [0.1, 0.15) is 5.82 Å². The van der Waals surface area contributed by atoms with Crippen LogP contribution in [0.1, 0.15) is 31.2 Å². The molecule has 2 heterocycles. The van der Waals surface area contributed by atoms with E-state index in [9.17, 15) is 0 Å². The SMILES string of the molecule is Cc1ccc(N2CCCC2CCCN)nc1. The molecular formula is C13H21N3. The Labute approximate surface area is 97.7 Å². The van der Waals surface area contributed by atoms with Crippen LogP contribution in [0.2, 0.25) is 0 Å². The molecule has 88 valence electrons. The summed E-state index contributed by atoms with van der Waals surface area (Å²) in [6.45, 7) is 4.02. The number of aryl methyl sites for hydroxylation is 1. The number of aromatic nitrogens is 1. The summed E-state index contributed by atoms with van der Waals surface area (Å²) in [6.07, 6.45) is 6.84. The number of hydrogen-bond donors (Lipinski definition) is 1. The minimum absolute atomic E-state index is 0.652. The molecule has 3 nitrogen and oxygen atoms in total. The van der Waals surface area contributed by atoms with Gasteiger partial charge in [-0.3, -0.25) is 0 Å². The predicted octanol–water partition coefficient (Wildman–Crippen LogP) is 2.10. The molecule has 1 unspecified atom stereocenters. The molecule has 1 aliphatic heterocycles. The molecule has 3 heteroatoms. The number of pyridine rings is 1. The summed E-state index contributed by atoms with van der Waals surface area (Å²) in [5, 5.41) is 0. The van der Waals surface area contributed by atoms with Gasteiger partial charge in [0.15, 0.2) is 0 Å². The van der Waals surface area contributed by atoms with Crippen molar-refractivity contribution in [2.45, 2.75) is 38.6 Å². The second-order valence-electron chi connectivity index (χ2n) is 4.61. The Bertz CT molecular complexity index is 320. The lowest BCUT2D eigenvalue weighted by molar-refractivity contribution is 0.582. The lowest BCUT2D eigenvalue weighted by Gasteiger charge is -2.25. The molecular weight excluding hydrogens is 198 g/mol. The zero-order valence-electron chi connectivity index (χ0n) is 10.0. The summed E-state index contributed by atoms with van der Waals surface area (Å²) in [6, 6.07) is 4.93. The van der Waals surface area contributed by atoms with E-state index in [-0.39, 0.29) is 0 Å². The summed E-state index contributed by atoms with van der Waals surface area (Å²) in [5.41, 5.74) is 6.80. The third-order valence-electron chi connectivity index (χ3n) is 3.31. The molecule has 16 heavy (non-hydrogen) atoms. The van der Waals surface area contributed by atoms with Crippen molar-refractivity contribution in [1.82, 2.24) is 4.98 Å². The quantitative estimate of drug-likeness (QED) is 0.843. The highest BCUT2D eigenvalue weighted by molar-refractivity contribution is 5.41. The fraction of sp³-hybridized carbons (Fsp3) is 0.615. The molecule has 2 rings (SSSR count). The van der Waals surface area contributed by atoms with E-state index in [0.29, 0.717) is 6.04 Å². The van der Waals surface area contributed by atoms with Gasteiger partial charge in [0.25, 0.3) is 0 Å². The Morgan fingerprint density at radius 1 is 1.50 bits per heavy atom. The molecule has 1 aromatic heterocycles. The highest BCUT2D eigenvalue weighted by atomic mass is 15.2. The zero-order valence-corrected chi connectivity index (χ0v) is 10.0. The van der Waals surface area contributed by atoms with Crippen molar-refractivity contribution in [3.8, 4) is 0 Å². The first kappa shape index (κ1) is 11.4. The Hall–Kier alpha value is -1.09. The summed E-state index contributed by atoms with van der Waals surface area (Å²) in [4.78, 5) is 6.95. The number of nitrogens with zero attached hydrogens (tertiary/aromatic N) is 2. The number of rotatable bonds is 4. The summed E-state index contributed by atoms with van der Waals surface area (Å²) in [7, 11) is 0. The monoisotopic (exact) mass is 219 g/mol. The second kappa shape index (κ2) is 5.30. The minimum atomic E-state index is 0.652. The molecule has 0 saturated carbocycles. The van der Waals surface area contributed by atoms with Gasteiger partial charge >= 0.3 is 0 Å². The van der Waals surface area contributed by atoms with Gasteiger partial charge in [-0.1, -0.05) is 6.07 Å². The van der Waals surface area contributed by atoms with Crippen LogP contribution in [-0.2, 0) is 0 Å². The van der Waals surface area contributed by atoms with Crippen LogP contribution >= 0.6 is 0 Å². The summed E-state index contributed by atoms with van der Waals surface area (Å²) < 4.78 is 0. The van der Waals surface area contributed by atoms with Crippen LogP contribution < -0.4 is 10.6 Å². The van der Waals surface area contributed by atoms with Gasteiger partial charge in [-0.2, -0.15) is 0 Å². The van der Waals surface area contributed by atoms with E-state index in [4.69, 9.17) is 5.73 Å². The van der Waals surface area contributed by atoms with E-state index in [1.807, 2.05) is 6.20 Å². The number of nitrogens with two attached hydrogens (primary N) is 1.